The standard InChI is InChI=1S/C16H23NO4S/c1-11(2)15(16(19)20)17-14(18)9-6-10-22-13-8-5-4-7-12(13)21-3/h4-5,7-8,11,15H,6,9-10H2,1-3H3,(H,17,18)(H,19,20). The number of hydrogen-bond donors (Lipinski definition) is 2. The van der Waals surface area contributed by atoms with Crippen LogP contribution in [-0.2, 0) is 9.59 Å². The average molecular weight is 325 g/mol. The Kier molecular flexibility index (Phi) is 7.80. The highest BCUT2D eigenvalue weighted by molar-refractivity contribution is 7.99. The third-order valence-corrected chi connectivity index (χ3v) is 4.27. The van der Waals surface area contributed by atoms with E-state index in [2.05, 4.69) is 5.32 Å². The lowest BCUT2D eigenvalue weighted by Crippen LogP contribution is -2.44. The lowest BCUT2D eigenvalue weighted by molar-refractivity contribution is -0.143. The van der Waals surface area contributed by atoms with Crippen LogP contribution < -0.4 is 10.1 Å². The summed E-state index contributed by atoms with van der Waals surface area (Å²) in [7, 11) is 1.63. The van der Waals surface area contributed by atoms with Gasteiger partial charge in [-0.05, 0) is 30.2 Å². The van der Waals surface area contributed by atoms with Crippen LogP contribution in [0.5, 0.6) is 5.75 Å². The van der Waals surface area contributed by atoms with Gasteiger partial charge < -0.3 is 15.2 Å². The van der Waals surface area contributed by atoms with E-state index in [4.69, 9.17) is 9.84 Å². The first kappa shape index (κ1) is 18.4. The quantitative estimate of drug-likeness (QED) is 0.539. The molecule has 0 aromatic heterocycles. The zero-order valence-corrected chi connectivity index (χ0v) is 14.0. The van der Waals surface area contributed by atoms with Crippen LogP contribution >= 0.6 is 11.8 Å². The number of hydrogen-bond acceptors (Lipinski definition) is 4. The Hall–Kier alpha value is -1.69. The number of amides is 1. The summed E-state index contributed by atoms with van der Waals surface area (Å²) < 4.78 is 5.26. The van der Waals surface area contributed by atoms with E-state index >= 15 is 0 Å². The number of thioether (sulfide) groups is 1. The normalized spacial score (nSPS) is 12.0. The van der Waals surface area contributed by atoms with Gasteiger partial charge in [0.15, 0.2) is 0 Å². The van der Waals surface area contributed by atoms with Gasteiger partial charge in [0.05, 0.1) is 7.11 Å². The van der Waals surface area contributed by atoms with Crippen molar-refractivity contribution in [3.8, 4) is 5.75 Å². The summed E-state index contributed by atoms with van der Waals surface area (Å²) in [6, 6.07) is 6.90. The molecule has 22 heavy (non-hydrogen) atoms. The van der Waals surface area contributed by atoms with E-state index in [0.717, 1.165) is 16.4 Å². The molecule has 1 aromatic rings. The van der Waals surface area contributed by atoms with Crippen LogP contribution in [0.15, 0.2) is 29.2 Å². The summed E-state index contributed by atoms with van der Waals surface area (Å²) in [5.74, 6) is 0.244. The van der Waals surface area contributed by atoms with Crippen molar-refractivity contribution in [2.24, 2.45) is 5.92 Å². The van der Waals surface area contributed by atoms with Gasteiger partial charge in [0.25, 0.3) is 0 Å². The molecule has 6 heteroatoms. The molecule has 2 N–H and O–H groups in total. The van der Waals surface area contributed by atoms with E-state index in [1.54, 1.807) is 32.7 Å². The molecule has 0 aliphatic heterocycles. The SMILES string of the molecule is COc1ccccc1SCCCC(=O)NC(C(=O)O)C(C)C. The number of carbonyl (C=O) groups is 2. The Labute approximate surface area is 135 Å². The molecule has 0 aliphatic carbocycles. The van der Waals surface area contributed by atoms with E-state index in [1.807, 2.05) is 24.3 Å². The van der Waals surface area contributed by atoms with Gasteiger partial charge in [0.1, 0.15) is 11.8 Å². The smallest absolute Gasteiger partial charge is 0.326 e. The van der Waals surface area contributed by atoms with Crippen molar-refractivity contribution in [2.45, 2.75) is 37.6 Å². The fourth-order valence-corrected chi connectivity index (χ4v) is 2.89. The van der Waals surface area contributed by atoms with Crippen LogP contribution in [0, 0.1) is 5.92 Å². The molecule has 1 unspecified atom stereocenters. The number of ether oxygens (including phenoxy) is 1. The van der Waals surface area contributed by atoms with Gasteiger partial charge in [-0.2, -0.15) is 0 Å². The number of carboxylic acids is 1. The number of carboxylic acid groups (broad SMARTS) is 1. The highest BCUT2D eigenvalue weighted by atomic mass is 32.2. The highest BCUT2D eigenvalue weighted by Gasteiger charge is 2.22. The number of para-hydroxylation sites is 1. The second-order valence-corrected chi connectivity index (χ2v) is 6.37. The largest absolute Gasteiger partial charge is 0.496 e. The molecule has 0 aliphatic rings. The second kappa shape index (κ2) is 9.35. The van der Waals surface area contributed by atoms with Crippen LogP contribution in [-0.4, -0.2) is 35.9 Å². The third kappa shape index (κ3) is 5.97. The van der Waals surface area contributed by atoms with Crippen LogP contribution in [0.25, 0.3) is 0 Å². The molecule has 1 aromatic carbocycles. The molecular weight excluding hydrogens is 302 g/mol. The van der Waals surface area contributed by atoms with E-state index < -0.39 is 12.0 Å². The van der Waals surface area contributed by atoms with E-state index in [0.29, 0.717) is 12.8 Å². The Morgan fingerprint density at radius 1 is 1.32 bits per heavy atom. The minimum Gasteiger partial charge on any atom is -0.496 e. The lowest BCUT2D eigenvalue weighted by Gasteiger charge is -2.17. The molecule has 1 rings (SSSR count). The minimum atomic E-state index is -0.994. The summed E-state index contributed by atoms with van der Waals surface area (Å²) in [5, 5.41) is 11.6. The number of benzene rings is 1. The first-order valence-corrected chi connectivity index (χ1v) is 8.22. The van der Waals surface area contributed by atoms with Gasteiger partial charge >= 0.3 is 5.97 Å². The minimum absolute atomic E-state index is 0.135. The Morgan fingerprint density at radius 3 is 2.59 bits per heavy atom. The van der Waals surface area contributed by atoms with Crippen molar-refractivity contribution in [3.05, 3.63) is 24.3 Å². The molecule has 0 spiro atoms. The molecule has 0 fully saturated rings. The van der Waals surface area contributed by atoms with Crippen molar-refractivity contribution in [1.82, 2.24) is 5.32 Å². The predicted molar refractivity (Wildman–Crippen MR) is 87.4 cm³/mol. The monoisotopic (exact) mass is 325 g/mol. The van der Waals surface area contributed by atoms with Crippen molar-refractivity contribution < 1.29 is 19.4 Å². The number of rotatable bonds is 9. The topological polar surface area (TPSA) is 75.6 Å². The summed E-state index contributed by atoms with van der Waals surface area (Å²) in [4.78, 5) is 23.9. The maximum absolute atomic E-state index is 11.8. The van der Waals surface area contributed by atoms with Crippen LogP contribution in [0.2, 0.25) is 0 Å². The van der Waals surface area contributed by atoms with Crippen molar-refractivity contribution in [2.75, 3.05) is 12.9 Å². The van der Waals surface area contributed by atoms with Gasteiger partial charge in [-0.15, -0.1) is 11.8 Å². The summed E-state index contributed by atoms with van der Waals surface area (Å²) in [5.41, 5.74) is 0. The molecule has 0 saturated heterocycles. The van der Waals surface area contributed by atoms with Gasteiger partial charge in [-0.1, -0.05) is 26.0 Å². The van der Waals surface area contributed by atoms with Crippen molar-refractivity contribution in [3.63, 3.8) is 0 Å². The molecule has 1 amide bonds. The highest BCUT2D eigenvalue weighted by Crippen LogP contribution is 2.29. The Morgan fingerprint density at radius 2 is 2.00 bits per heavy atom. The molecule has 122 valence electrons. The zero-order chi connectivity index (χ0) is 16.5. The van der Waals surface area contributed by atoms with Crippen molar-refractivity contribution in [1.29, 1.82) is 0 Å². The number of aliphatic carboxylic acids is 1. The first-order chi connectivity index (χ1) is 10.5. The van der Waals surface area contributed by atoms with Crippen LogP contribution in [0.3, 0.4) is 0 Å². The van der Waals surface area contributed by atoms with Crippen LogP contribution in [0.1, 0.15) is 26.7 Å². The summed E-state index contributed by atoms with van der Waals surface area (Å²) in [6.45, 7) is 3.55. The summed E-state index contributed by atoms with van der Waals surface area (Å²) in [6.07, 6.45) is 0.998. The van der Waals surface area contributed by atoms with E-state index in [9.17, 15) is 9.59 Å². The molecule has 0 bridgehead atoms. The molecule has 5 nitrogen and oxygen atoms in total. The van der Waals surface area contributed by atoms with Gasteiger partial charge in [0, 0.05) is 11.3 Å². The zero-order valence-electron chi connectivity index (χ0n) is 13.2. The average Bonchev–Trinajstić information content (AvgIpc) is 2.49. The van der Waals surface area contributed by atoms with Crippen molar-refractivity contribution >= 4 is 23.6 Å². The second-order valence-electron chi connectivity index (χ2n) is 5.23. The predicted octanol–water partition coefficient (Wildman–Crippen LogP) is 2.79. The third-order valence-electron chi connectivity index (χ3n) is 3.12. The van der Waals surface area contributed by atoms with E-state index in [1.165, 1.54) is 0 Å². The number of methoxy groups -OCH3 is 1. The fourth-order valence-electron chi connectivity index (χ4n) is 1.91. The van der Waals surface area contributed by atoms with Gasteiger partial charge in [-0.3, -0.25) is 4.79 Å². The molecule has 1 atom stereocenters. The molecule has 0 heterocycles. The molecule has 0 radical (unpaired) electrons. The van der Waals surface area contributed by atoms with Gasteiger partial charge in [-0.25, -0.2) is 4.79 Å². The Balaban J connectivity index is 2.35. The lowest BCUT2D eigenvalue weighted by atomic mass is 10.0. The maximum atomic E-state index is 11.8. The fraction of sp³-hybridized carbons (Fsp3) is 0.500. The first-order valence-electron chi connectivity index (χ1n) is 7.23. The Bertz CT molecular complexity index is 505. The molecular formula is C16H23NO4S. The van der Waals surface area contributed by atoms with Crippen LogP contribution in [0.4, 0.5) is 0 Å². The number of carbonyl (C=O) groups excluding carboxylic acids is 1. The maximum Gasteiger partial charge on any atom is 0.326 e. The van der Waals surface area contributed by atoms with E-state index in [-0.39, 0.29) is 11.8 Å². The number of nitrogens with one attached hydrogen (secondary N) is 1. The molecule has 0 saturated carbocycles. The summed E-state index contributed by atoms with van der Waals surface area (Å²) >= 11 is 1.62. The van der Waals surface area contributed by atoms with Gasteiger partial charge in [0.2, 0.25) is 5.91 Å².